The Morgan fingerprint density at radius 3 is 2.53 bits per heavy atom. The molecule has 0 radical (unpaired) electrons. The van der Waals surface area contributed by atoms with Gasteiger partial charge in [0.05, 0.1) is 13.7 Å². The lowest BCUT2D eigenvalue weighted by Gasteiger charge is -2.24. The summed E-state index contributed by atoms with van der Waals surface area (Å²) in [6.45, 7) is 3.57. The minimum absolute atomic E-state index is 0.0874. The zero-order valence-corrected chi connectivity index (χ0v) is 12.6. The molecule has 1 aromatic carbocycles. The molecule has 108 valence electrons. The number of hydrogen-bond acceptors (Lipinski definition) is 4. The van der Waals surface area contributed by atoms with Gasteiger partial charge in [-0.25, -0.2) is 8.42 Å². The number of benzene rings is 1. The molecule has 0 fully saturated rings. The maximum absolute atomic E-state index is 12.5. The maximum atomic E-state index is 12.5. The highest BCUT2D eigenvalue weighted by atomic mass is 32.2. The quantitative estimate of drug-likeness (QED) is 0.863. The van der Waals surface area contributed by atoms with Gasteiger partial charge in [-0.3, -0.25) is 0 Å². The molecule has 0 aliphatic carbocycles. The lowest BCUT2D eigenvalue weighted by atomic mass is 10.2. The molecule has 1 aromatic rings. The van der Waals surface area contributed by atoms with E-state index in [9.17, 15) is 8.42 Å². The third-order valence-electron chi connectivity index (χ3n) is 3.28. The maximum Gasteiger partial charge on any atom is 0.246 e. The Balaban J connectivity index is 3.34. The lowest BCUT2D eigenvalue weighted by Crippen LogP contribution is -2.34. The minimum Gasteiger partial charge on any atom is -0.495 e. The van der Waals surface area contributed by atoms with Crippen molar-refractivity contribution in [2.75, 3.05) is 14.2 Å². The molecule has 1 atom stereocenters. The molecule has 1 N–H and O–H groups in total. The molecular formula is C13H21NO4S. The van der Waals surface area contributed by atoms with Crippen LogP contribution in [-0.2, 0) is 16.6 Å². The van der Waals surface area contributed by atoms with Gasteiger partial charge in [-0.15, -0.1) is 0 Å². The van der Waals surface area contributed by atoms with Gasteiger partial charge in [0, 0.05) is 13.1 Å². The Kier molecular flexibility index (Phi) is 5.34. The topological polar surface area (TPSA) is 66.8 Å². The Morgan fingerprint density at radius 2 is 2.05 bits per heavy atom. The zero-order valence-electron chi connectivity index (χ0n) is 11.8. The first kappa shape index (κ1) is 15.9. The molecule has 0 spiro atoms. The largest absolute Gasteiger partial charge is 0.495 e. The Hall–Kier alpha value is -1.11. The molecule has 1 unspecified atom stereocenters. The number of hydrogen-bond donors (Lipinski definition) is 1. The SMILES string of the molecule is CCC(C)N(C)S(=O)(=O)c1cc(CO)ccc1OC. The molecule has 1 rings (SSSR count). The number of aliphatic hydroxyl groups excluding tert-OH is 1. The van der Waals surface area contributed by atoms with Crippen LogP contribution in [0.5, 0.6) is 5.75 Å². The summed E-state index contributed by atoms with van der Waals surface area (Å²) in [6, 6.07) is 4.55. The van der Waals surface area contributed by atoms with Crippen LogP contribution in [0.4, 0.5) is 0 Å². The number of ether oxygens (including phenoxy) is 1. The van der Waals surface area contributed by atoms with Crippen LogP contribution < -0.4 is 4.74 Å². The van der Waals surface area contributed by atoms with Crippen molar-refractivity contribution < 1.29 is 18.3 Å². The molecule has 0 aliphatic heterocycles. The third-order valence-corrected chi connectivity index (χ3v) is 5.27. The van der Waals surface area contributed by atoms with Gasteiger partial charge in [0.2, 0.25) is 10.0 Å². The zero-order chi connectivity index (χ0) is 14.6. The Bertz CT molecular complexity index is 527. The number of sulfonamides is 1. The van der Waals surface area contributed by atoms with Gasteiger partial charge >= 0.3 is 0 Å². The smallest absolute Gasteiger partial charge is 0.246 e. The highest BCUT2D eigenvalue weighted by molar-refractivity contribution is 7.89. The number of rotatable bonds is 6. The molecule has 0 heterocycles. The second kappa shape index (κ2) is 6.36. The van der Waals surface area contributed by atoms with Crippen LogP contribution in [0.1, 0.15) is 25.8 Å². The van der Waals surface area contributed by atoms with Crippen LogP contribution in [0.3, 0.4) is 0 Å². The van der Waals surface area contributed by atoms with Crippen LogP contribution in [0.15, 0.2) is 23.1 Å². The summed E-state index contributed by atoms with van der Waals surface area (Å²) in [4.78, 5) is 0.0874. The molecule has 6 heteroatoms. The molecular weight excluding hydrogens is 266 g/mol. The van der Waals surface area contributed by atoms with E-state index >= 15 is 0 Å². The van der Waals surface area contributed by atoms with Gasteiger partial charge in [-0.1, -0.05) is 13.0 Å². The molecule has 5 nitrogen and oxygen atoms in total. The third kappa shape index (κ3) is 3.26. The summed E-state index contributed by atoms with van der Waals surface area (Å²) in [6.07, 6.45) is 0.720. The Morgan fingerprint density at radius 1 is 1.42 bits per heavy atom. The van der Waals surface area contributed by atoms with Crippen LogP contribution in [-0.4, -0.2) is 38.0 Å². The van der Waals surface area contributed by atoms with E-state index in [1.54, 1.807) is 19.2 Å². The monoisotopic (exact) mass is 287 g/mol. The van der Waals surface area contributed by atoms with Crippen molar-refractivity contribution in [2.24, 2.45) is 0 Å². The fourth-order valence-electron chi connectivity index (χ4n) is 1.67. The summed E-state index contributed by atoms with van der Waals surface area (Å²) >= 11 is 0. The van der Waals surface area contributed by atoms with Crippen molar-refractivity contribution in [1.82, 2.24) is 4.31 Å². The predicted octanol–water partition coefficient (Wildman–Crippen LogP) is 1.61. The first-order valence-electron chi connectivity index (χ1n) is 6.14. The van der Waals surface area contributed by atoms with Crippen LogP contribution >= 0.6 is 0 Å². The Labute approximate surface area is 114 Å². The second-order valence-corrected chi connectivity index (χ2v) is 6.39. The number of nitrogens with zero attached hydrogens (tertiary/aromatic N) is 1. The van der Waals surface area contributed by atoms with Crippen molar-refractivity contribution in [1.29, 1.82) is 0 Å². The highest BCUT2D eigenvalue weighted by Crippen LogP contribution is 2.28. The molecule has 19 heavy (non-hydrogen) atoms. The van der Waals surface area contributed by atoms with Crippen molar-refractivity contribution in [3.8, 4) is 5.75 Å². The first-order valence-corrected chi connectivity index (χ1v) is 7.58. The van der Waals surface area contributed by atoms with E-state index in [0.29, 0.717) is 5.56 Å². The highest BCUT2D eigenvalue weighted by Gasteiger charge is 2.27. The summed E-state index contributed by atoms with van der Waals surface area (Å²) in [7, 11) is -0.651. The predicted molar refractivity (Wildman–Crippen MR) is 73.6 cm³/mol. The fraction of sp³-hybridized carbons (Fsp3) is 0.538. The van der Waals surface area contributed by atoms with Gasteiger partial charge in [-0.2, -0.15) is 4.31 Å². The van der Waals surface area contributed by atoms with E-state index in [1.807, 2.05) is 13.8 Å². The molecule has 0 aromatic heterocycles. The molecule has 0 saturated carbocycles. The van der Waals surface area contributed by atoms with E-state index in [0.717, 1.165) is 6.42 Å². The second-order valence-electron chi connectivity index (χ2n) is 4.42. The van der Waals surface area contributed by atoms with Gasteiger partial charge < -0.3 is 9.84 Å². The van der Waals surface area contributed by atoms with E-state index in [1.165, 1.54) is 17.5 Å². The van der Waals surface area contributed by atoms with E-state index in [-0.39, 0.29) is 23.3 Å². The lowest BCUT2D eigenvalue weighted by molar-refractivity contribution is 0.281. The average molecular weight is 287 g/mol. The van der Waals surface area contributed by atoms with Crippen molar-refractivity contribution in [3.05, 3.63) is 23.8 Å². The molecule has 0 bridgehead atoms. The van der Waals surface area contributed by atoms with Crippen LogP contribution in [0.2, 0.25) is 0 Å². The van der Waals surface area contributed by atoms with Gasteiger partial charge in [0.25, 0.3) is 0 Å². The van der Waals surface area contributed by atoms with E-state index < -0.39 is 10.0 Å². The van der Waals surface area contributed by atoms with E-state index in [2.05, 4.69) is 0 Å². The van der Waals surface area contributed by atoms with Crippen molar-refractivity contribution in [3.63, 3.8) is 0 Å². The normalized spacial score (nSPS) is 13.6. The number of methoxy groups -OCH3 is 1. The standard InChI is InChI=1S/C13H21NO4S/c1-5-10(2)14(3)19(16,17)13-8-11(9-15)6-7-12(13)18-4/h6-8,10,15H,5,9H2,1-4H3. The number of aliphatic hydroxyl groups is 1. The van der Waals surface area contributed by atoms with Gasteiger partial charge in [0.1, 0.15) is 10.6 Å². The molecule has 0 aliphatic rings. The summed E-state index contributed by atoms with van der Waals surface area (Å²) < 4.78 is 31.5. The van der Waals surface area contributed by atoms with Gasteiger partial charge in [-0.05, 0) is 31.0 Å². The minimum atomic E-state index is -3.63. The fourth-order valence-corrected chi connectivity index (χ4v) is 3.31. The van der Waals surface area contributed by atoms with Crippen LogP contribution in [0.25, 0.3) is 0 Å². The average Bonchev–Trinajstić information content (AvgIpc) is 2.44. The first-order chi connectivity index (χ1) is 8.88. The van der Waals surface area contributed by atoms with Crippen molar-refractivity contribution in [2.45, 2.75) is 37.8 Å². The molecule has 0 amide bonds. The summed E-state index contributed by atoms with van der Waals surface area (Å²) in [5.41, 5.74) is 0.539. The van der Waals surface area contributed by atoms with Crippen molar-refractivity contribution >= 4 is 10.0 Å². The van der Waals surface area contributed by atoms with E-state index in [4.69, 9.17) is 9.84 Å². The molecule has 0 saturated heterocycles. The van der Waals surface area contributed by atoms with Gasteiger partial charge in [0.15, 0.2) is 0 Å². The van der Waals surface area contributed by atoms with Crippen LogP contribution in [0, 0.1) is 0 Å². The summed E-state index contributed by atoms with van der Waals surface area (Å²) in [5, 5.41) is 9.14. The summed E-state index contributed by atoms with van der Waals surface area (Å²) in [5.74, 6) is 0.285.